The minimum Gasteiger partial charge on any atom is -0.444 e. The highest BCUT2D eigenvalue weighted by atomic mass is 16.6. The molecule has 3 amide bonds. The molecule has 1 saturated carbocycles. The van der Waals surface area contributed by atoms with Crippen LogP contribution >= 0.6 is 0 Å². The number of pyridine rings is 1. The Morgan fingerprint density at radius 1 is 1.07 bits per heavy atom. The molecule has 9 heteroatoms. The summed E-state index contributed by atoms with van der Waals surface area (Å²) in [6, 6.07) is 2.46. The van der Waals surface area contributed by atoms with Crippen molar-refractivity contribution in [1.82, 2.24) is 20.9 Å². The van der Waals surface area contributed by atoms with Gasteiger partial charge in [0.05, 0.1) is 12.1 Å². The van der Waals surface area contributed by atoms with Gasteiger partial charge in [0, 0.05) is 24.9 Å². The van der Waals surface area contributed by atoms with Gasteiger partial charge in [-0.1, -0.05) is 72.3 Å². The lowest BCUT2D eigenvalue weighted by molar-refractivity contribution is -0.134. The molecule has 41 heavy (non-hydrogen) atoms. The lowest BCUT2D eigenvalue weighted by Gasteiger charge is -2.33. The zero-order chi connectivity index (χ0) is 30.6. The minimum atomic E-state index is -0.941. The largest absolute Gasteiger partial charge is 0.444 e. The summed E-state index contributed by atoms with van der Waals surface area (Å²) in [6.07, 6.45) is 9.03. The van der Waals surface area contributed by atoms with Crippen molar-refractivity contribution in [3.63, 3.8) is 0 Å². The van der Waals surface area contributed by atoms with Gasteiger partial charge in [-0.15, -0.1) is 0 Å². The van der Waals surface area contributed by atoms with Crippen molar-refractivity contribution in [1.29, 1.82) is 0 Å². The molecule has 0 unspecified atom stereocenters. The molecule has 0 bridgehead atoms. The van der Waals surface area contributed by atoms with E-state index in [9.17, 15) is 19.5 Å². The van der Waals surface area contributed by atoms with E-state index in [1.54, 1.807) is 33.2 Å². The first kappa shape index (κ1) is 34.5. The first-order valence-corrected chi connectivity index (χ1v) is 15.4. The van der Waals surface area contributed by atoms with Gasteiger partial charge in [0.2, 0.25) is 11.8 Å². The second-order valence-corrected chi connectivity index (χ2v) is 13.1. The van der Waals surface area contributed by atoms with Crippen LogP contribution in [0.3, 0.4) is 0 Å². The zero-order valence-corrected chi connectivity index (χ0v) is 26.2. The molecule has 1 fully saturated rings. The molecule has 2 rings (SSSR count). The average molecular weight is 575 g/mol. The van der Waals surface area contributed by atoms with Gasteiger partial charge >= 0.3 is 6.09 Å². The van der Waals surface area contributed by atoms with Gasteiger partial charge in [-0.05, 0) is 63.0 Å². The minimum absolute atomic E-state index is 0.0848. The topological polar surface area (TPSA) is 130 Å². The number of aliphatic hydroxyl groups is 1. The molecule has 1 heterocycles. The Kier molecular flexibility index (Phi) is 14.0. The number of nitrogens with one attached hydrogen (secondary N) is 3. The van der Waals surface area contributed by atoms with E-state index < -0.39 is 35.8 Å². The second kappa shape index (κ2) is 16.7. The number of aliphatic hydroxyl groups excluding tert-OH is 1. The van der Waals surface area contributed by atoms with Crippen molar-refractivity contribution in [3.05, 3.63) is 30.1 Å². The van der Waals surface area contributed by atoms with Gasteiger partial charge in [0.15, 0.2) is 0 Å². The van der Waals surface area contributed by atoms with Crippen molar-refractivity contribution < 1.29 is 24.2 Å². The van der Waals surface area contributed by atoms with Gasteiger partial charge in [-0.25, -0.2) is 4.79 Å². The third-order valence-electron chi connectivity index (χ3n) is 8.10. The smallest absolute Gasteiger partial charge is 0.407 e. The Hall–Kier alpha value is -2.68. The average Bonchev–Trinajstić information content (AvgIpc) is 2.92. The lowest BCUT2D eigenvalue weighted by Crippen LogP contribution is -2.53. The predicted molar refractivity (Wildman–Crippen MR) is 161 cm³/mol. The molecule has 1 aromatic heterocycles. The fourth-order valence-corrected chi connectivity index (χ4v) is 5.42. The summed E-state index contributed by atoms with van der Waals surface area (Å²) in [5.74, 6) is -0.827. The quantitative estimate of drug-likeness (QED) is 0.244. The standard InChI is InChI=1S/C32H54N4O5/c1-8-22(4)28(30(39)34-20-24-15-12-16-33-19-24)36-29(38)25(21(2)3)18-27(37)26(17-23-13-10-9-11-14-23)35-31(40)41-32(5,6)7/h12,15-16,19,21-23,25-28,37H,8-11,13-14,17-18,20H2,1-7H3,(H,34,39)(H,35,40)(H,36,38)/t22-,25-,26-,27-,28-/m0/s1. The molecule has 0 spiro atoms. The van der Waals surface area contributed by atoms with E-state index in [0.717, 1.165) is 31.2 Å². The molecule has 1 aliphatic rings. The molecule has 0 radical (unpaired) electrons. The van der Waals surface area contributed by atoms with E-state index in [4.69, 9.17) is 4.74 Å². The molecular weight excluding hydrogens is 520 g/mol. The number of ether oxygens (including phenoxy) is 1. The van der Waals surface area contributed by atoms with Crippen molar-refractivity contribution in [3.8, 4) is 0 Å². The SMILES string of the molecule is CC[C@H](C)[C@H](NC(=O)[C@@H](C[C@H](O)[C@H](CC1CCCCC1)NC(=O)OC(C)(C)C)C(C)C)C(=O)NCc1cccnc1. The molecule has 232 valence electrons. The predicted octanol–water partition coefficient (Wildman–Crippen LogP) is 5.12. The number of amides is 3. The van der Waals surface area contributed by atoms with Crippen molar-refractivity contribution >= 4 is 17.9 Å². The Balaban J connectivity index is 2.13. The number of aromatic nitrogens is 1. The summed E-state index contributed by atoms with van der Waals surface area (Å²) < 4.78 is 5.49. The van der Waals surface area contributed by atoms with Crippen LogP contribution in [0.5, 0.6) is 0 Å². The van der Waals surface area contributed by atoms with Crippen LogP contribution in [0.4, 0.5) is 4.79 Å². The molecule has 1 aromatic rings. The van der Waals surface area contributed by atoms with Gasteiger partial charge in [-0.2, -0.15) is 0 Å². The van der Waals surface area contributed by atoms with E-state index in [0.29, 0.717) is 25.3 Å². The molecule has 0 aromatic carbocycles. The number of carbonyl (C=O) groups is 3. The first-order chi connectivity index (χ1) is 19.3. The highest BCUT2D eigenvalue weighted by molar-refractivity contribution is 5.88. The van der Waals surface area contributed by atoms with Gasteiger partial charge in [-0.3, -0.25) is 14.6 Å². The summed E-state index contributed by atoms with van der Waals surface area (Å²) in [5.41, 5.74) is 0.215. The summed E-state index contributed by atoms with van der Waals surface area (Å²) >= 11 is 0. The van der Waals surface area contributed by atoms with E-state index in [2.05, 4.69) is 20.9 Å². The lowest BCUT2D eigenvalue weighted by atomic mass is 9.81. The number of nitrogens with zero attached hydrogens (tertiary/aromatic N) is 1. The van der Waals surface area contributed by atoms with Crippen LogP contribution in [-0.4, -0.2) is 51.8 Å². The van der Waals surface area contributed by atoms with Crippen LogP contribution in [0.2, 0.25) is 0 Å². The van der Waals surface area contributed by atoms with E-state index in [1.807, 2.05) is 39.8 Å². The third-order valence-corrected chi connectivity index (χ3v) is 8.10. The van der Waals surface area contributed by atoms with Gasteiger partial charge in [0.1, 0.15) is 11.6 Å². The maximum absolute atomic E-state index is 13.6. The number of rotatable bonds is 14. The molecule has 9 nitrogen and oxygen atoms in total. The van der Waals surface area contributed by atoms with Crippen LogP contribution in [0.15, 0.2) is 24.5 Å². The van der Waals surface area contributed by atoms with Crippen LogP contribution < -0.4 is 16.0 Å². The van der Waals surface area contributed by atoms with Crippen LogP contribution in [0.1, 0.15) is 105 Å². The summed E-state index contributed by atoms with van der Waals surface area (Å²) in [5, 5.41) is 20.3. The summed E-state index contributed by atoms with van der Waals surface area (Å²) in [7, 11) is 0. The highest BCUT2D eigenvalue weighted by Gasteiger charge is 2.35. The highest BCUT2D eigenvalue weighted by Crippen LogP contribution is 2.30. The molecule has 5 atom stereocenters. The third kappa shape index (κ3) is 12.4. The molecule has 4 N–H and O–H groups in total. The fraction of sp³-hybridized carbons (Fsp3) is 0.750. The molecule has 1 aliphatic carbocycles. The first-order valence-electron chi connectivity index (χ1n) is 15.4. The van der Waals surface area contributed by atoms with Crippen LogP contribution in [0, 0.1) is 23.7 Å². The molecule has 0 saturated heterocycles. The Bertz CT molecular complexity index is 943. The van der Waals surface area contributed by atoms with Crippen molar-refractivity contribution in [2.45, 2.75) is 130 Å². The Labute approximate surface area is 247 Å². The Morgan fingerprint density at radius 3 is 2.32 bits per heavy atom. The fourth-order valence-electron chi connectivity index (χ4n) is 5.42. The van der Waals surface area contributed by atoms with Gasteiger partial charge in [0.25, 0.3) is 0 Å². The summed E-state index contributed by atoms with van der Waals surface area (Å²) in [4.78, 5) is 43.6. The van der Waals surface area contributed by atoms with E-state index in [1.165, 1.54) is 6.42 Å². The molecular formula is C32H54N4O5. The maximum Gasteiger partial charge on any atom is 0.407 e. The van der Waals surface area contributed by atoms with E-state index in [-0.39, 0.29) is 30.1 Å². The second-order valence-electron chi connectivity index (χ2n) is 13.1. The number of hydrogen-bond acceptors (Lipinski definition) is 6. The monoisotopic (exact) mass is 574 g/mol. The van der Waals surface area contributed by atoms with Crippen LogP contribution in [0.25, 0.3) is 0 Å². The van der Waals surface area contributed by atoms with Crippen molar-refractivity contribution in [2.75, 3.05) is 0 Å². The number of carbonyl (C=O) groups excluding carboxylic acids is 3. The van der Waals surface area contributed by atoms with Crippen LogP contribution in [-0.2, 0) is 20.9 Å². The number of hydrogen-bond donors (Lipinski definition) is 4. The van der Waals surface area contributed by atoms with Crippen molar-refractivity contribution in [2.24, 2.45) is 23.7 Å². The summed E-state index contributed by atoms with van der Waals surface area (Å²) in [6.45, 7) is 13.5. The zero-order valence-electron chi connectivity index (χ0n) is 26.2. The molecule has 0 aliphatic heterocycles. The normalized spacial score (nSPS) is 18.1. The van der Waals surface area contributed by atoms with Gasteiger partial charge < -0.3 is 25.8 Å². The Morgan fingerprint density at radius 2 is 1.76 bits per heavy atom. The number of alkyl carbamates (subject to hydrolysis) is 1. The van der Waals surface area contributed by atoms with E-state index >= 15 is 0 Å². The maximum atomic E-state index is 13.6.